The van der Waals surface area contributed by atoms with Gasteiger partial charge in [0, 0.05) is 37.9 Å². The van der Waals surface area contributed by atoms with Crippen molar-refractivity contribution in [3.8, 4) is 11.4 Å². The summed E-state index contributed by atoms with van der Waals surface area (Å²) in [5, 5.41) is 2.15. The highest BCUT2D eigenvalue weighted by atomic mass is 16.5. The summed E-state index contributed by atoms with van der Waals surface area (Å²) in [6.07, 6.45) is 7.88. The SMILES string of the molecule is COCCCN(C(=O)/C=C/c1ccc(-n2cnc(C)c2)c(OC)c1)c1cccc2ccccc12. The van der Waals surface area contributed by atoms with Gasteiger partial charge >= 0.3 is 0 Å². The maximum atomic E-state index is 13.4. The van der Waals surface area contributed by atoms with E-state index >= 15 is 0 Å². The molecule has 0 saturated heterocycles. The third-order valence-electron chi connectivity index (χ3n) is 5.67. The van der Waals surface area contributed by atoms with Crippen LogP contribution in [-0.4, -0.2) is 42.8 Å². The number of carbonyl (C=O) groups is 1. The van der Waals surface area contributed by atoms with Gasteiger partial charge in [-0.15, -0.1) is 0 Å². The highest BCUT2D eigenvalue weighted by Crippen LogP contribution is 2.28. The van der Waals surface area contributed by atoms with Crippen LogP contribution < -0.4 is 9.64 Å². The van der Waals surface area contributed by atoms with Gasteiger partial charge in [0.2, 0.25) is 0 Å². The molecule has 1 aromatic heterocycles. The number of ether oxygens (including phenoxy) is 2. The molecule has 0 aliphatic rings. The van der Waals surface area contributed by atoms with Gasteiger partial charge in [-0.1, -0.05) is 42.5 Å². The molecule has 0 fully saturated rings. The Balaban J connectivity index is 1.61. The first-order valence-corrected chi connectivity index (χ1v) is 11.3. The van der Waals surface area contributed by atoms with Crippen LogP contribution in [0.25, 0.3) is 22.5 Å². The summed E-state index contributed by atoms with van der Waals surface area (Å²) >= 11 is 0. The number of methoxy groups -OCH3 is 2. The number of imidazole rings is 1. The van der Waals surface area contributed by atoms with Crippen molar-refractivity contribution in [2.24, 2.45) is 0 Å². The van der Waals surface area contributed by atoms with Crippen LogP contribution in [-0.2, 0) is 9.53 Å². The first-order chi connectivity index (χ1) is 16.6. The predicted octanol–water partition coefficient (Wildman–Crippen LogP) is 5.43. The third-order valence-corrected chi connectivity index (χ3v) is 5.67. The van der Waals surface area contributed by atoms with Crippen LogP contribution in [0, 0.1) is 6.92 Å². The molecule has 0 bridgehead atoms. The number of aromatic nitrogens is 2. The van der Waals surface area contributed by atoms with Gasteiger partial charge in [-0.3, -0.25) is 4.79 Å². The van der Waals surface area contributed by atoms with E-state index in [0.29, 0.717) is 18.9 Å². The Morgan fingerprint density at radius 2 is 1.91 bits per heavy atom. The van der Waals surface area contributed by atoms with Crippen molar-refractivity contribution in [3.05, 3.63) is 90.5 Å². The third kappa shape index (κ3) is 5.18. The minimum absolute atomic E-state index is 0.0827. The van der Waals surface area contributed by atoms with E-state index in [0.717, 1.165) is 39.8 Å². The molecule has 0 aliphatic carbocycles. The zero-order valence-corrected chi connectivity index (χ0v) is 19.8. The Labute approximate surface area is 200 Å². The minimum atomic E-state index is -0.0827. The molecular formula is C28H29N3O3. The monoisotopic (exact) mass is 455 g/mol. The molecule has 6 nitrogen and oxygen atoms in total. The van der Waals surface area contributed by atoms with Crippen LogP contribution in [0.5, 0.6) is 5.75 Å². The summed E-state index contributed by atoms with van der Waals surface area (Å²) in [6.45, 7) is 3.10. The van der Waals surface area contributed by atoms with Gasteiger partial charge < -0.3 is 18.9 Å². The lowest BCUT2D eigenvalue weighted by molar-refractivity contribution is -0.114. The molecule has 0 unspecified atom stereocenters. The number of rotatable bonds is 9. The molecule has 4 rings (SSSR count). The van der Waals surface area contributed by atoms with Crippen LogP contribution in [0.4, 0.5) is 5.69 Å². The molecule has 0 N–H and O–H groups in total. The van der Waals surface area contributed by atoms with Gasteiger partial charge in [0.1, 0.15) is 5.75 Å². The van der Waals surface area contributed by atoms with E-state index < -0.39 is 0 Å². The Morgan fingerprint density at radius 1 is 1.09 bits per heavy atom. The van der Waals surface area contributed by atoms with Crippen LogP contribution in [0.2, 0.25) is 0 Å². The molecule has 3 aromatic carbocycles. The standard InChI is InChI=1S/C28H29N3O3/c1-21-19-30(20-29-21)26-14-12-22(18-27(26)34-3)13-15-28(32)31(16-7-17-33-2)25-11-6-9-23-8-4-5-10-24(23)25/h4-6,8-15,18-20H,7,16-17H2,1-3H3/b15-13+. The van der Waals surface area contributed by atoms with Gasteiger partial charge in [-0.05, 0) is 48.6 Å². The van der Waals surface area contributed by atoms with E-state index in [9.17, 15) is 4.79 Å². The van der Waals surface area contributed by atoms with E-state index in [1.807, 2.05) is 77.2 Å². The number of benzene rings is 3. The molecule has 174 valence electrons. The zero-order valence-electron chi connectivity index (χ0n) is 19.8. The smallest absolute Gasteiger partial charge is 0.251 e. The minimum Gasteiger partial charge on any atom is -0.495 e. The van der Waals surface area contributed by atoms with Crippen molar-refractivity contribution in [2.75, 3.05) is 32.3 Å². The lowest BCUT2D eigenvalue weighted by Crippen LogP contribution is -2.31. The number of carbonyl (C=O) groups excluding carboxylic acids is 1. The maximum absolute atomic E-state index is 13.4. The second-order valence-electron chi connectivity index (χ2n) is 8.02. The number of fused-ring (bicyclic) bond motifs is 1. The molecule has 0 aliphatic heterocycles. The molecule has 6 heteroatoms. The predicted molar refractivity (Wildman–Crippen MR) is 137 cm³/mol. The Morgan fingerprint density at radius 3 is 2.68 bits per heavy atom. The molecular weight excluding hydrogens is 426 g/mol. The van der Waals surface area contributed by atoms with Crippen molar-refractivity contribution < 1.29 is 14.3 Å². The quantitative estimate of drug-likeness (QED) is 0.250. The van der Waals surface area contributed by atoms with Gasteiger partial charge in [0.25, 0.3) is 5.91 Å². The topological polar surface area (TPSA) is 56.6 Å². The first kappa shape index (κ1) is 23.3. The van der Waals surface area contributed by atoms with Crippen molar-refractivity contribution in [2.45, 2.75) is 13.3 Å². The Bertz CT molecular complexity index is 1300. The van der Waals surface area contributed by atoms with Gasteiger partial charge in [0.05, 0.1) is 30.5 Å². The van der Waals surface area contributed by atoms with Gasteiger partial charge in [-0.2, -0.15) is 0 Å². The summed E-state index contributed by atoms with van der Waals surface area (Å²) in [4.78, 5) is 19.5. The molecule has 1 amide bonds. The summed E-state index contributed by atoms with van der Waals surface area (Å²) in [5.41, 5.74) is 3.59. The van der Waals surface area contributed by atoms with Crippen LogP contribution in [0.15, 0.2) is 79.3 Å². The fourth-order valence-electron chi connectivity index (χ4n) is 3.98. The lowest BCUT2D eigenvalue weighted by Gasteiger charge is -2.23. The number of hydrogen-bond acceptors (Lipinski definition) is 4. The van der Waals surface area contributed by atoms with Crippen LogP contribution in [0.1, 0.15) is 17.7 Å². The molecule has 0 atom stereocenters. The molecule has 0 radical (unpaired) electrons. The molecule has 0 saturated carbocycles. The second kappa shape index (κ2) is 10.8. The second-order valence-corrected chi connectivity index (χ2v) is 8.02. The highest BCUT2D eigenvalue weighted by Gasteiger charge is 2.16. The fraction of sp³-hybridized carbons (Fsp3) is 0.214. The van der Waals surface area contributed by atoms with Gasteiger partial charge in [0.15, 0.2) is 0 Å². The summed E-state index contributed by atoms with van der Waals surface area (Å²) < 4.78 is 12.7. The van der Waals surface area contributed by atoms with Crippen LogP contribution >= 0.6 is 0 Å². The van der Waals surface area contributed by atoms with E-state index in [2.05, 4.69) is 17.1 Å². The van der Waals surface area contributed by atoms with Crippen molar-refractivity contribution in [3.63, 3.8) is 0 Å². The zero-order chi connectivity index (χ0) is 23.9. The lowest BCUT2D eigenvalue weighted by atomic mass is 10.1. The number of aryl methyl sites for hydroxylation is 1. The van der Waals surface area contributed by atoms with E-state index in [-0.39, 0.29) is 5.91 Å². The fourth-order valence-corrected chi connectivity index (χ4v) is 3.98. The van der Waals surface area contributed by atoms with E-state index in [1.165, 1.54) is 0 Å². The first-order valence-electron chi connectivity index (χ1n) is 11.3. The largest absolute Gasteiger partial charge is 0.495 e. The number of hydrogen-bond donors (Lipinski definition) is 0. The average molecular weight is 456 g/mol. The summed E-state index contributed by atoms with van der Waals surface area (Å²) in [6, 6.07) is 20.0. The number of amides is 1. The normalized spacial score (nSPS) is 11.3. The number of anilines is 1. The van der Waals surface area contributed by atoms with E-state index in [4.69, 9.17) is 9.47 Å². The summed E-state index contributed by atoms with van der Waals surface area (Å²) in [7, 11) is 3.31. The molecule has 0 spiro atoms. The van der Waals surface area contributed by atoms with Crippen molar-refractivity contribution in [1.29, 1.82) is 0 Å². The van der Waals surface area contributed by atoms with E-state index in [1.54, 1.807) is 26.6 Å². The molecule has 4 aromatic rings. The number of nitrogens with zero attached hydrogens (tertiary/aromatic N) is 3. The Kier molecular flexibility index (Phi) is 7.40. The highest BCUT2D eigenvalue weighted by molar-refractivity contribution is 6.09. The average Bonchev–Trinajstić information content (AvgIpc) is 3.30. The Hall–Kier alpha value is -3.90. The van der Waals surface area contributed by atoms with Crippen molar-refractivity contribution in [1.82, 2.24) is 9.55 Å². The maximum Gasteiger partial charge on any atom is 0.251 e. The van der Waals surface area contributed by atoms with Crippen LogP contribution in [0.3, 0.4) is 0 Å². The molecule has 34 heavy (non-hydrogen) atoms. The molecule has 1 heterocycles. The van der Waals surface area contributed by atoms with Gasteiger partial charge in [-0.25, -0.2) is 4.98 Å². The van der Waals surface area contributed by atoms with Crippen molar-refractivity contribution >= 4 is 28.4 Å². The summed E-state index contributed by atoms with van der Waals surface area (Å²) in [5.74, 6) is 0.624.